The zero-order valence-corrected chi connectivity index (χ0v) is 10.6. The van der Waals surface area contributed by atoms with E-state index < -0.39 is 0 Å². The van der Waals surface area contributed by atoms with Crippen LogP contribution in [0.2, 0.25) is 0 Å². The van der Waals surface area contributed by atoms with Crippen molar-refractivity contribution in [3.8, 4) is 5.88 Å². The Labute approximate surface area is 108 Å². The first-order valence-electron chi connectivity index (χ1n) is 6.15. The van der Waals surface area contributed by atoms with E-state index in [1.807, 2.05) is 19.1 Å². The molecule has 0 spiro atoms. The first-order chi connectivity index (χ1) is 8.77. The summed E-state index contributed by atoms with van der Waals surface area (Å²) in [5.41, 5.74) is 8.85. The molecule has 0 unspecified atom stereocenters. The lowest BCUT2D eigenvalue weighted by Gasteiger charge is -2.09. The molecule has 0 aliphatic heterocycles. The van der Waals surface area contributed by atoms with E-state index in [1.165, 1.54) is 5.56 Å². The predicted molar refractivity (Wildman–Crippen MR) is 73.6 cm³/mol. The maximum Gasteiger partial charge on any atom is 0.237 e. The molecule has 0 radical (unpaired) electrons. The van der Waals surface area contributed by atoms with E-state index in [9.17, 15) is 0 Å². The average molecular weight is 242 g/mol. The number of aromatic nitrogens is 1. The highest BCUT2D eigenvalue weighted by Crippen LogP contribution is 2.21. The molecule has 0 atom stereocenters. The van der Waals surface area contributed by atoms with E-state index in [0.717, 1.165) is 18.4 Å². The Bertz CT molecular complexity index is 497. The quantitative estimate of drug-likeness (QED) is 0.820. The molecule has 94 valence electrons. The van der Waals surface area contributed by atoms with Crippen molar-refractivity contribution < 1.29 is 4.74 Å². The predicted octanol–water partition coefficient (Wildman–Crippen LogP) is 2.98. The van der Waals surface area contributed by atoms with Gasteiger partial charge in [0.1, 0.15) is 0 Å². The zero-order valence-electron chi connectivity index (χ0n) is 10.6. The summed E-state index contributed by atoms with van der Waals surface area (Å²) in [5.74, 6) is 0.545. The van der Waals surface area contributed by atoms with Gasteiger partial charge < -0.3 is 10.5 Å². The van der Waals surface area contributed by atoms with Gasteiger partial charge >= 0.3 is 0 Å². The molecule has 0 saturated heterocycles. The summed E-state index contributed by atoms with van der Waals surface area (Å²) >= 11 is 0. The second-order valence-electron chi connectivity index (χ2n) is 4.28. The van der Waals surface area contributed by atoms with Crippen molar-refractivity contribution in [1.82, 2.24) is 4.98 Å². The molecule has 0 saturated carbocycles. The molecular weight excluding hydrogens is 224 g/mol. The van der Waals surface area contributed by atoms with Gasteiger partial charge in [-0.3, -0.25) is 0 Å². The highest BCUT2D eigenvalue weighted by atomic mass is 16.5. The molecule has 3 heteroatoms. The van der Waals surface area contributed by atoms with Gasteiger partial charge in [0.05, 0.1) is 12.3 Å². The SMILES string of the molecule is Cc1ccnc(OCCCc2ccccc2)c1N. The molecule has 2 aromatic rings. The van der Waals surface area contributed by atoms with Crippen molar-refractivity contribution in [2.75, 3.05) is 12.3 Å². The van der Waals surface area contributed by atoms with E-state index in [2.05, 4.69) is 29.2 Å². The highest BCUT2D eigenvalue weighted by Gasteiger charge is 2.03. The number of nitrogen functional groups attached to an aromatic ring is 1. The summed E-state index contributed by atoms with van der Waals surface area (Å²) < 4.78 is 5.60. The van der Waals surface area contributed by atoms with E-state index in [4.69, 9.17) is 10.5 Å². The summed E-state index contributed by atoms with van der Waals surface area (Å²) in [7, 11) is 0. The summed E-state index contributed by atoms with van der Waals surface area (Å²) in [6.07, 6.45) is 3.68. The largest absolute Gasteiger partial charge is 0.476 e. The number of aryl methyl sites for hydroxylation is 2. The molecule has 2 N–H and O–H groups in total. The topological polar surface area (TPSA) is 48.1 Å². The number of hydrogen-bond acceptors (Lipinski definition) is 3. The molecular formula is C15H18N2O. The maximum absolute atomic E-state index is 5.89. The third kappa shape index (κ3) is 3.23. The maximum atomic E-state index is 5.89. The summed E-state index contributed by atoms with van der Waals surface area (Å²) in [6.45, 7) is 2.59. The van der Waals surface area contributed by atoms with Crippen molar-refractivity contribution in [3.63, 3.8) is 0 Å². The Hall–Kier alpha value is -2.03. The van der Waals surface area contributed by atoms with Gasteiger partial charge in [0.15, 0.2) is 0 Å². The number of ether oxygens (including phenoxy) is 1. The van der Waals surface area contributed by atoms with Crippen molar-refractivity contribution in [1.29, 1.82) is 0 Å². The lowest BCUT2D eigenvalue weighted by molar-refractivity contribution is 0.301. The van der Waals surface area contributed by atoms with Crippen LogP contribution in [0.25, 0.3) is 0 Å². The fourth-order valence-corrected chi connectivity index (χ4v) is 1.75. The molecule has 0 fully saturated rings. The lowest BCUT2D eigenvalue weighted by Crippen LogP contribution is -2.04. The number of anilines is 1. The molecule has 2 rings (SSSR count). The van der Waals surface area contributed by atoms with Gasteiger partial charge in [0.2, 0.25) is 5.88 Å². The Balaban J connectivity index is 1.81. The monoisotopic (exact) mass is 242 g/mol. The molecule has 1 aromatic carbocycles. The highest BCUT2D eigenvalue weighted by molar-refractivity contribution is 5.53. The van der Waals surface area contributed by atoms with Crippen LogP contribution >= 0.6 is 0 Å². The first kappa shape index (κ1) is 12.4. The third-order valence-electron chi connectivity index (χ3n) is 2.86. The van der Waals surface area contributed by atoms with Crippen LogP contribution in [0.5, 0.6) is 5.88 Å². The second-order valence-corrected chi connectivity index (χ2v) is 4.28. The minimum atomic E-state index is 0.545. The third-order valence-corrected chi connectivity index (χ3v) is 2.86. The zero-order chi connectivity index (χ0) is 12.8. The molecule has 1 heterocycles. The smallest absolute Gasteiger partial charge is 0.237 e. The number of benzene rings is 1. The minimum absolute atomic E-state index is 0.545. The van der Waals surface area contributed by atoms with Crippen molar-refractivity contribution in [2.24, 2.45) is 0 Å². The molecule has 1 aromatic heterocycles. The molecule has 18 heavy (non-hydrogen) atoms. The Morgan fingerprint density at radius 1 is 1.17 bits per heavy atom. The first-order valence-corrected chi connectivity index (χ1v) is 6.15. The van der Waals surface area contributed by atoms with Gasteiger partial charge in [-0.05, 0) is 37.0 Å². The summed E-state index contributed by atoms with van der Waals surface area (Å²) in [6, 6.07) is 12.3. The number of nitrogens with zero attached hydrogens (tertiary/aromatic N) is 1. The Morgan fingerprint density at radius 3 is 2.72 bits per heavy atom. The number of pyridine rings is 1. The van der Waals surface area contributed by atoms with Gasteiger partial charge in [-0.1, -0.05) is 30.3 Å². The normalized spacial score (nSPS) is 10.3. The summed E-state index contributed by atoms with van der Waals surface area (Å²) in [5, 5.41) is 0. The second kappa shape index (κ2) is 6.05. The fourth-order valence-electron chi connectivity index (χ4n) is 1.75. The van der Waals surface area contributed by atoms with Crippen LogP contribution in [0.15, 0.2) is 42.6 Å². The van der Waals surface area contributed by atoms with E-state index in [0.29, 0.717) is 18.2 Å². The number of rotatable bonds is 5. The van der Waals surface area contributed by atoms with Crippen LogP contribution in [0.1, 0.15) is 17.5 Å². The van der Waals surface area contributed by atoms with Gasteiger partial charge in [0.25, 0.3) is 0 Å². The van der Waals surface area contributed by atoms with Crippen LogP contribution < -0.4 is 10.5 Å². The van der Waals surface area contributed by atoms with E-state index >= 15 is 0 Å². The van der Waals surface area contributed by atoms with Crippen LogP contribution in [-0.2, 0) is 6.42 Å². The van der Waals surface area contributed by atoms with Crippen LogP contribution in [0.3, 0.4) is 0 Å². The Kier molecular flexibility index (Phi) is 4.18. The average Bonchev–Trinajstić information content (AvgIpc) is 2.40. The van der Waals surface area contributed by atoms with Crippen molar-refractivity contribution >= 4 is 5.69 Å². The van der Waals surface area contributed by atoms with E-state index in [-0.39, 0.29) is 0 Å². The number of hydrogen-bond donors (Lipinski definition) is 1. The van der Waals surface area contributed by atoms with Gasteiger partial charge in [-0.25, -0.2) is 4.98 Å². The molecule has 0 bridgehead atoms. The molecule has 3 nitrogen and oxygen atoms in total. The fraction of sp³-hybridized carbons (Fsp3) is 0.267. The van der Waals surface area contributed by atoms with Crippen LogP contribution in [-0.4, -0.2) is 11.6 Å². The molecule has 0 aliphatic rings. The van der Waals surface area contributed by atoms with Gasteiger partial charge in [-0.2, -0.15) is 0 Å². The Morgan fingerprint density at radius 2 is 1.94 bits per heavy atom. The molecule has 0 aliphatic carbocycles. The minimum Gasteiger partial charge on any atom is -0.476 e. The standard InChI is InChI=1S/C15H18N2O/c1-12-9-10-17-15(14(12)16)18-11-5-8-13-6-3-2-4-7-13/h2-4,6-7,9-10H,5,8,11,16H2,1H3. The van der Waals surface area contributed by atoms with Gasteiger partial charge in [0, 0.05) is 6.20 Å². The van der Waals surface area contributed by atoms with Crippen molar-refractivity contribution in [2.45, 2.75) is 19.8 Å². The van der Waals surface area contributed by atoms with Crippen LogP contribution in [0.4, 0.5) is 5.69 Å². The molecule has 0 amide bonds. The lowest BCUT2D eigenvalue weighted by atomic mass is 10.1. The number of nitrogens with two attached hydrogens (primary N) is 1. The van der Waals surface area contributed by atoms with E-state index in [1.54, 1.807) is 6.20 Å². The van der Waals surface area contributed by atoms with Gasteiger partial charge in [-0.15, -0.1) is 0 Å². The van der Waals surface area contributed by atoms with Crippen LogP contribution in [0, 0.1) is 6.92 Å². The summed E-state index contributed by atoms with van der Waals surface area (Å²) in [4.78, 5) is 4.14. The van der Waals surface area contributed by atoms with Crippen molar-refractivity contribution in [3.05, 3.63) is 53.7 Å².